The van der Waals surface area contributed by atoms with Crippen molar-refractivity contribution in [3.8, 4) is 6.07 Å². The quantitative estimate of drug-likeness (QED) is 0.886. The molecule has 0 aliphatic carbocycles. The number of aliphatic hydroxyl groups excluding tert-OH is 1. The van der Waals surface area contributed by atoms with Crippen LogP contribution in [0.1, 0.15) is 25.8 Å². The standard InChI is InChI=1S/C16H18ClN3O/c1-10(5-11(2)21)8-20-16-12(7-18)9-19-15-4-3-13(17)6-14(15)16/h3-4,6,9-11,21H,5,8H2,1-2H3,(H,19,20). The van der Waals surface area contributed by atoms with E-state index in [1.54, 1.807) is 19.2 Å². The van der Waals surface area contributed by atoms with Crippen molar-refractivity contribution in [2.75, 3.05) is 11.9 Å². The Morgan fingerprint density at radius 3 is 2.86 bits per heavy atom. The smallest absolute Gasteiger partial charge is 0.103 e. The summed E-state index contributed by atoms with van der Waals surface area (Å²) in [6.45, 7) is 4.51. The molecule has 0 saturated carbocycles. The molecule has 0 fully saturated rings. The third-order valence-corrected chi connectivity index (χ3v) is 3.56. The van der Waals surface area contributed by atoms with Crippen molar-refractivity contribution in [2.45, 2.75) is 26.4 Å². The van der Waals surface area contributed by atoms with E-state index in [0.29, 0.717) is 29.5 Å². The Morgan fingerprint density at radius 1 is 1.43 bits per heavy atom. The SMILES string of the molecule is CC(O)CC(C)CNc1c(C#N)cnc2ccc(Cl)cc12. The van der Waals surface area contributed by atoms with Gasteiger partial charge in [-0.2, -0.15) is 5.26 Å². The number of fused-ring (bicyclic) bond motifs is 1. The van der Waals surface area contributed by atoms with Crippen LogP contribution in [-0.4, -0.2) is 22.7 Å². The van der Waals surface area contributed by atoms with E-state index in [1.165, 1.54) is 0 Å². The number of halogens is 1. The Morgan fingerprint density at radius 2 is 2.19 bits per heavy atom. The molecule has 1 aromatic carbocycles. The zero-order valence-corrected chi connectivity index (χ0v) is 12.9. The van der Waals surface area contributed by atoms with Crippen LogP contribution >= 0.6 is 11.6 Å². The minimum atomic E-state index is -0.333. The number of nitriles is 1. The van der Waals surface area contributed by atoms with Crippen LogP contribution in [0, 0.1) is 17.2 Å². The molecule has 0 radical (unpaired) electrons. The first-order valence-corrected chi connectivity index (χ1v) is 7.29. The molecule has 2 rings (SSSR count). The molecular formula is C16H18ClN3O. The zero-order chi connectivity index (χ0) is 15.4. The molecule has 0 bridgehead atoms. The van der Waals surface area contributed by atoms with Crippen LogP contribution in [0.3, 0.4) is 0 Å². The minimum Gasteiger partial charge on any atom is -0.393 e. The van der Waals surface area contributed by atoms with Gasteiger partial charge in [-0.05, 0) is 37.5 Å². The van der Waals surface area contributed by atoms with Crippen LogP contribution in [0.2, 0.25) is 5.02 Å². The number of pyridine rings is 1. The number of aromatic nitrogens is 1. The zero-order valence-electron chi connectivity index (χ0n) is 12.1. The summed E-state index contributed by atoms with van der Waals surface area (Å²) < 4.78 is 0. The average molecular weight is 304 g/mol. The second-order valence-electron chi connectivity index (χ2n) is 5.39. The molecule has 0 amide bonds. The predicted octanol–water partition coefficient (Wildman–Crippen LogP) is 3.58. The molecule has 0 spiro atoms. The van der Waals surface area contributed by atoms with Gasteiger partial charge in [0.2, 0.25) is 0 Å². The number of hydrogen-bond acceptors (Lipinski definition) is 4. The molecule has 2 aromatic rings. The Bertz CT molecular complexity index is 679. The van der Waals surface area contributed by atoms with Crippen molar-refractivity contribution in [3.63, 3.8) is 0 Å². The lowest BCUT2D eigenvalue weighted by Gasteiger charge is -2.17. The molecule has 2 atom stereocenters. The van der Waals surface area contributed by atoms with Gasteiger partial charge in [-0.25, -0.2) is 0 Å². The van der Waals surface area contributed by atoms with E-state index in [4.69, 9.17) is 11.6 Å². The largest absolute Gasteiger partial charge is 0.393 e. The van der Waals surface area contributed by atoms with Gasteiger partial charge in [0.05, 0.1) is 22.9 Å². The summed E-state index contributed by atoms with van der Waals surface area (Å²) in [6, 6.07) is 7.58. The van der Waals surface area contributed by atoms with Crippen molar-refractivity contribution in [3.05, 3.63) is 35.0 Å². The highest BCUT2D eigenvalue weighted by atomic mass is 35.5. The molecule has 1 aromatic heterocycles. The van der Waals surface area contributed by atoms with E-state index in [1.807, 2.05) is 12.1 Å². The third-order valence-electron chi connectivity index (χ3n) is 3.32. The van der Waals surface area contributed by atoms with Gasteiger partial charge in [0.15, 0.2) is 0 Å². The molecule has 0 saturated heterocycles. The van der Waals surface area contributed by atoms with Gasteiger partial charge in [-0.15, -0.1) is 0 Å². The minimum absolute atomic E-state index is 0.291. The fraction of sp³-hybridized carbons (Fsp3) is 0.375. The number of hydrogen-bond donors (Lipinski definition) is 2. The first-order valence-electron chi connectivity index (χ1n) is 6.91. The highest BCUT2D eigenvalue weighted by Crippen LogP contribution is 2.28. The summed E-state index contributed by atoms with van der Waals surface area (Å²) in [5, 5.41) is 23.4. The fourth-order valence-electron chi connectivity index (χ4n) is 2.38. The highest BCUT2D eigenvalue weighted by molar-refractivity contribution is 6.31. The van der Waals surface area contributed by atoms with Gasteiger partial charge in [0.25, 0.3) is 0 Å². The normalized spacial score (nSPS) is 13.7. The number of nitrogens with zero attached hydrogens (tertiary/aromatic N) is 2. The van der Waals surface area contributed by atoms with Crippen molar-refractivity contribution >= 4 is 28.2 Å². The van der Waals surface area contributed by atoms with E-state index in [2.05, 4.69) is 23.3 Å². The van der Waals surface area contributed by atoms with E-state index in [9.17, 15) is 10.4 Å². The molecule has 4 nitrogen and oxygen atoms in total. The van der Waals surface area contributed by atoms with Gasteiger partial charge >= 0.3 is 0 Å². The average Bonchev–Trinajstić information content (AvgIpc) is 2.43. The van der Waals surface area contributed by atoms with Gasteiger partial charge in [-0.1, -0.05) is 18.5 Å². The first kappa shape index (κ1) is 15.6. The van der Waals surface area contributed by atoms with Gasteiger partial charge in [0, 0.05) is 23.2 Å². The molecule has 2 N–H and O–H groups in total. The van der Waals surface area contributed by atoms with E-state index in [-0.39, 0.29) is 6.10 Å². The number of benzene rings is 1. The van der Waals surface area contributed by atoms with Crippen LogP contribution < -0.4 is 5.32 Å². The molecular weight excluding hydrogens is 286 g/mol. The Balaban J connectivity index is 2.32. The molecule has 2 unspecified atom stereocenters. The molecule has 1 heterocycles. The van der Waals surface area contributed by atoms with Gasteiger partial charge < -0.3 is 10.4 Å². The molecule has 0 aliphatic rings. The molecule has 0 aliphatic heterocycles. The van der Waals surface area contributed by atoms with Crippen LogP contribution in [0.15, 0.2) is 24.4 Å². The maximum absolute atomic E-state index is 9.42. The predicted molar refractivity (Wildman–Crippen MR) is 85.4 cm³/mol. The number of anilines is 1. The molecule has 110 valence electrons. The lowest BCUT2D eigenvalue weighted by atomic mass is 10.0. The Kier molecular flexibility index (Phi) is 5.00. The maximum atomic E-state index is 9.42. The third kappa shape index (κ3) is 3.84. The summed E-state index contributed by atoms with van der Waals surface area (Å²) in [4.78, 5) is 4.27. The summed E-state index contributed by atoms with van der Waals surface area (Å²) in [7, 11) is 0. The monoisotopic (exact) mass is 303 g/mol. The first-order chi connectivity index (χ1) is 10.0. The van der Waals surface area contributed by atoms with E-state index in [0.717, 1.165) is 16.6 Å². The lowest BCUT2D eigenvalue weighted by molar-refractivity contribution is 0.166. The van der Waals surface area contributed by atoms with Crippen molar-refractivity contribution < 1.29 is 5.11 Å². The summed E-state index contributed by atoms with van der Waals surface area (Å²) in [5.74, 6) is 0.291. The summed E-state index contributed by atoms with van der Waals surface area (Å²) in [5.41, 5.74) is 2.04. The van der Waals surface area contributed by atoms with Crippen molar-refractivity contribution in [1.29, 1.82) is 5.26 Å². The molecule has 5 heteroatoms. The second-order valence-corrected chi connectivity index (χ2v) is 5.83. The maximum Gasteiger partial charge on any atom is 0.103 e. The molecule has 21 heavy (non-hydrogen) atoms. The Hall–Kier alpha value is -1.83. The summed E-state index contributed by atoms with van der Waals surface area (Å²) >= 11 is 6.05. The van der Waals surface area contributed by atoms with Crippen LogP contribution in [0.25, 0.3) is 10.9 Å². The Labute approximate surface area is 129 Å². The van der Waals surface area contributed by atoms with Gasteiger partial charge in [0.1, 0.15) is 6.07 Å². The topological polar surface area (TPSA) is 68.9 Å². The van der Waals surface area contributed by atoms with E-state index < -0.39 is 0 Å². The number of nitrogens with one attached hydrogen (secondary N) is 1. The lowest BCUT2D eigenvalue weighted by Crippen LogP contribution is -2.17. The number of aliphatic hydroxyl groups is 1. The highest BCUT2D eigenvalue weighted by Gasteiger charge is 2.11. The van der Waals surface area contributed by atoms with Crippen LogP contribution in [0.4, 0.5) is 5.69 Å². The van der Waals surface area contributed by atoms with E-state index >= 15 is 0 Å². The van der Waals surface area contributed by atoms with Crippen LogP contribution in [-0.2, 0) is 0 Å². The van der Waals surface area contributed by atoms with Crippen LogP contribution in [0.5, 0.6) is 0 Å². The summed E-state index contributed by atoms with van der Waals surface area (Å²) in [6.07, 6.45) is 1.94. The fourth-order valence-corrected chi connectivity index (χ4v) is 2.55. The van der Waals surface area contributed by atoms with Gasteiger partial charge in [-0.3, -0.25) is 4.98 Å². The van der Waals surface area contributed by atoms with Crippen molar-refractivity contribution in [1.82, 2.24) is 4.98 Å². The second kappa shape index (κ2) is 6.75. The number of rotatable bonds is 5. The van der Waals surface area contributed by atoms with Crippen molar-refractivity contribution in [2.24, 2.45) is 5.92 Å².